The molecule has 10 heavy (non-hydrogen) atoms. The predicted octanol–water partition coefficient (Wildman–Crippen LogP) is 0.548. The van der Waals surface area contributed by atoms with Gasteiger partial charge in [-0.2, -0.15) is 0 Å². The van der Waals surface area contributed by atoms with Crippen LogP contribution in [0.5, 0.6) is 0 Å². The highest BCUT2D eigenvalue weighted by atomic mass is 16.1. The quantitative estimate of drug-likeness (QED) is 0.422. The zero-order chi connectivity index (χ0) is 7.56. The minimum Gasteiger partial charge on any atom is -0.326 e. The molecule has 0 atom stereocenters. The van der Waals surface area contributed by atoms with Crippen molar-refractivity contribution >= 4 is 12.1 Å². The van der Waals surface area contributed by atoms with Crippen molar-refractivity contribution < 1.29 is 4.79 Å². The fourth-order valence-corrected chi connectivity index (χ4v) is 0.736. The fraction of sp³-hybridized carbons (Fsp3) is 0.143. The van der Waals surface area contributed by atoms with Gasteiger partial charge in [0, 0.05) is 5.70 Å². The van der Waals surface area contributed by atoms with Gasteiger partial charge in [-0.05, 0) is 12.2 Å². The molecule has 0 spiro atoms. The Hall–Kier alpha value is -1.38. The van der Waals surface area contributed by atoms with E-state index in [1.54, 1.807) is 6.08 Å². The summed E-state index contributed by atoms with van der Waals surface area (Å²) >= 11 is 0. The van der Waals surface area contributed by atoms with E-state index in [-0.39, 0.29) is 12.3 Å². The predicted molar refractivity (Wildman–Crippen MR) is 38.8 cm³/mol. The first-order valence-corrected chi connectivity index (χ1v) is 2.91. The smallest absolute Gasteiger partial charge is 0.175 e. The van der Waals surface area contributed by atoms with Crippen LogP contribution in [-0.4, -0.2) is 23.6 Å². The Balaban J connectivity index is 2.80. The topological polar surface area (TPSA) is 44.2 Å². The first-order chi connectivity index (χ1) is 4.74. The Morgan fingerprint density at radius 2 is 2.40 bits per heavy atom. The van der Waals surface area contributed by atoms with Gasteiger partial charge in [-0.15, -0.1) is 0 Å². The number of hydrogen-bond acceptors (Lipinski definition) is 2. The number of ketones is 1. The van der Waals surface area contributed by atoms with Crippen LogP contribution < -0.4 is 0 Å². The van der Waals surface area contributed by atoms with Crippen molar-refractivity contribution in [3.05, 3.63) is 24.4 Å². The molecule has 0 amide bonds. The third kappa shape index (κ3) is 1.13. The van der Waals surface area contributed by atoms with Crippen molar-refractivity contribution in [3.63, 3.8) is 0 Å². The van der Waals surface area contributed by atoms with Gasteiger partial charge in [-0.25, -0.2) is 0 Å². The molecule has 1 aliphatic rings. The van der Waals surface area contributed by atoms with Crippen molar-refractivity contribution in [3.8, 4) is 0 Å². The van der Waals surface area contributed by atoms with Gasteiger partial charge in [0.15, 0.2) is 5.78 Å². The Kier molecular flexibility index (Phi) is 1.67. The largest absolute Gasteiger partial charge is 0.326 e. The third-order valence-electron chi connectivity index (χ3n) is 1.31. The summed E-state index contributed by atoms with van der Waals surface area (Å²) in [5, 5.41) is 6.87. The Bertz CT molecular complexity index is 218. The van der Waals surface area contributed by atoms with Crippen molar-refractivity contribution in [1.29, 1.82) is 5.41 Å². The second-order valence-electron chi connectivity index (χ2n) is 2.05. The molecule has 0 aliphatic carbocycles. The monoisotopic (exact) mass is 136 g/mol. The summed E-state index contributed by atoms with van der Waals surface area (Å²) in [6.45, 7) is 3.89. The van der Waals surface area contributed by atoms with Gasteiger partial charge in [0.2, 0.25) is 0 Å². The van der Waals surface area contributed by atoms with Gasteiger partial charge in [0.05, 0.1) is 12.9 Å². The van der Waals surface area contributed by atoms with E-state index in [9.17, 15) is 4.79 Å². The molecule has 0 unspecified atom stereocenters. The molecular weight excluding hydrogens is 128 g/mol. The third-order valence-corrected chi connectivity index (χ3v) is 1.31. The molecule has 3 heteroatoms. The van der Waals surface area contributed by atoms with Crippen molar-refractivity contribution in [1.82, 2.24) is 4.90 Å². The van der Waals surface area contributed by atoms with Crippen LogP contribution in [0.1, 0.15) is 0 Å². The maximum atomic E-state index is 10.7. The molecule has 0 radical (unpaired) electrons. The molecule has 3 nitrogen and oxygen atoms in total. The molecule has 0 bridgehead atoms. The van der Waals surface area contributed by atoms with E-state index >= 15 is 0 Å². The molecule has 0 fully saturated rings. The number of rotatable bonds is 1. The summed E-state index contributed by atoms with van der Waals surface area (Å²) in [5.41, 5.74) is 0.689. The van der Waals surface area contributed by atoms with E-state index in [1.165, 1.54) is 11.0 Å². The minimum absolute atomic E-state index is 0.0101. The van der Waals surface area contributed by atoms with Crippen molar-refractivity contribution in [2.75, 3.05) is 6.54 Å². The average molecular weight is 136 g/mol. The van der Waals surface area contributed by atoms with E-state index < -0.39 is 0 Å². The summed E-state index contributed by atoms with van der Waals surface area (Å²) in [6.07, 6.45) is 4.18. The maximum absolute atomic E-state index is 10.7. The lowest BCUT2D eigenvalue weighted by Crippen LogP contribution is -2.28. The van der Waals surface area contributed by atoms with Gasteiger partial charge >= 0.3 is 0 Å². The highest BCUT2D eigenvalue weighted by molar-refractivity contribution is 5.94. The van der Waals surface area contributed by atoms with Gasteiger partial charge in [0.25, 0.3) is 0 Å². The second-order valence-corrected chi connectivity index (χ2v) is 2.05. The number of carbonyl (C=O) groups excluding carboxylic acids is 1. The summed E-state index contributed by atoms with van der Waals surface area (Å²) in [7, 11) is 0. The number of nitrogens with one attached hydrogen (secondary N) is 1. The summed E-state index contributed by atoms with van der Waals surface area (Å²) in [4.78, 5) is 12.2. The van der Waals surface area contributed by atoms with Crippen LogP contribution in [0.2, 0.25) is 0 Å². The van der Waals surface area contributed by atoms with Gasteiger partial charge in [-0.3, -0.25) is 10.2 Å². The molecular formula is C7H8N2O. The first kappa shape index (κ1) is 6.74. The van der Waals surface area contributed by atoms with Crippen molar-refractivity contribution in [2.45, 2.75) is 0 Å². The number of allylic oxidation sites excluding steroid dienone is 1. The molecule has 0 saturated carbocycles. The minimum atomic E-state index is 0.0101. The van der Waals surface area contributed by atoms with Crippen LogP contribution in [0.4, 0.5) is 0 Å². The highest BCUT2D eigenvalue weighted by Crippen LogP contribution is 2.05. The number of carbonyl (C=O) groups is 1. The zero-order valence-corrected chi connectivity index (χ0v) is 5.50. The van der Waals surface area contributed by atoms with Gasteiger partial charge in [0.1, 0.15) is 0 Å². The van der Waals surface area contributed by atoms with Crippen LogP contribution in [-0.2, 0) is 4.79 Å². The molecule has 0 aromatic carbocycles. The molecule has 1 N–H and O–H groups in total. The van der Waals surface area contributed by atoms with Crippen LogP contribution in [0, 0.1) is 5.41 Å². The summed E-state index contributed by atoms with van der Waals surface area (Å²) < 4.78 is 0. The standard InChI is InChI=1S/C7H8N2O/c1-6-2-3-7(10)4-9(6)5-8/h2-3,5,8H,1,4H2. The Labute approximate surface area is 59.2 Å². The Morgan fingerprint density at radius 3 is 2.90 bits per heavy atom. The van der Waals surface area contributed by atoms with E-state index in [0.29, 0.717) is 5.70 Å². The van der Waals surface area contributed by atoms with Crippen LogP contribution >= 0.6 is 0 Å². The molecule has 1 heterocycles. The number of hydrogen-bond donors (Lipinski definition) is 1. The van der Waals surface area contributed by atoms with E-state index in [2.05, 4.69) is 6.58 Å². The maximum Gasteiger partial charge on any atom is 0.175 e. The molecule has 0 aromatic rings. The van der Waals surface area contributed by atoms with E-state index in [0.717, 1.165) is 6.34 Å². The average Bonchev–Trinajstić information content (AvgIpc) is 1.94. The highest BCUT2D eigenvalue weighted by Gasteiger charge is 2.10. The first-order valence-electron chi connectivity index (χ1n) is 2.91. The molecule has 1 aliphatic heterocycles. The van der Waals surface area contributed by atoms with Crippen LogP contribution in [0.15, 0.2) is 24.4 Å². The SMILES string of the molecule is C=C1C=CC(=O)CN1C=N. The lowest BCUT2D eigenvalue weighted by molar-refractivity contribution is -0.114. The number of nitrogens with zero attached hydrogens (tertiary/aromatic N) is 1. The van der Waals surface area contributed by atoms with Crippen LogP contribution in [0.3, 0.4) is 0 Å². The van der Waals surface area contributed by atoms with Gasteiger partial charge < -0.3 is 4.90 Å². The zero-order valence-electron chi connectivity index (χ0n) is 5.50. The lowest BCUT2D eigenvalue weighted by atomic mass is 10.2. The summed E-state index contributed by atoms with van der Waals surface area (Å²) in [5.74, 6) is 0.0101. The lowest BCUT2D eigenvalue weighted by Gasteiger charge is -2.20. The van der Waals surface area contributed by atoms with Crippen LogP contribution in [0.25, 0.3) is 0 Å². The molecule has 0 aromatic heterocycles. The van der Waals surface area contributed by atoms with Crippen molar-refractivity contribution in [2.24, 2.45) is 0 Å². The molecule has 1 rings (SSSR count). The molecule has 0 saturated heterocycles. The van der Waals surface area contributed by atoms with Gasteiger partial charge in [-0.1, -0.05) is 6.58 Å². The van der Waals surface area contributed by atoms with E-state index in [4.69, 9.17) is 5.41 Å². The summed E-state index contributed by atoms with van der Waals surface area (Å²) in [6, 6.07) is 0. The fourth-order valence-electron chi connectivity index (χ4n) is 0.736. The molecule has 52 valence electrons. The normalized spacial score (nSPS) is 17.8. The Morgan fingerprint density at radius 1 is 1.70 bits per heavy atom. The second kappa shape index (κ2) is 2.47. The van der Waals surface area contributed by atoms with E-state index in [1.807, 2.05) is 0 Å².